The van der Waals surface area contributed by atoms with E-state index >= 15 is 0 Å². The zero-order valence-electron chi connectivity index (χ0n) is 16.2. The number of carbonyl (C=O) groups excluding carboxylic acids is 2. The summed E-state index contributed by atoms with van der Waals surface area (Å²) < 4.78 is 13.3. The molecule has 3 aromatic rings. The van der Waals surface area contributed by atoms with E-state index < -0.39 is 23.7 Å². The van der Waals surface area contributed by atoms with Crippen LogP contribution in [0.2, 0.25) is 0 Å². The van der Waals surface area contributed by atoms with Crippen molar-refractivity contribution in [2.24, 2.45) is 7.05 Å². The number of nitrogens with zero attached hydrogens (tertiary/aromatic N) is 3. The Morgan fingerprint density at radius 1 is 1.29 bits per heavy atom. The van der Waals surface area contributed by atoms with Gasteiger partial charge in [0.2, 0.25) is 0 Å². The topological polar surface area (TPSA) is 108 Å². The number of esters is 1. The third-order valence-electron chi connectivity index (χ3n) is 4.55. The summed E-state index contributed by atoms with van der Waals surface area (Å²) in [6.07, 6.45) is -1.05. The summed E-state index contributed by atoms with van der Waals surface area (Å²) in [7, 11) is 1.78. The molecule has 0 aliphatic rings. The van der Waals surface area contributed by atoms with Crippen LogP contribution in [-0.2, 0) is 27.9 Å². The van der Waals surface area contributed by atoms with Gasteiger partial charge in [-0.05, 0) is 32.9 Å². The highest BCUT2D eigenvalue weighted by Crippen LogP contribution is 2.19. The Labute approximate surface area is 160 Å². The van der Waals surface area contributed by atoms with Gasteiger partial charge in [-0.1, -0.05) is 12.1 Å². The molecule has 1 N–H and O–H groups in total. The number of rotatable bonds is 6. The molecule has 0 aliphatic heterocycles. The van der Waals surface area contributed by atoms with Gasteiger partial charge in [-0.3, -0.25) is 18.8 Å². The minimum atomic E-state index is -0.982. The second kappa shape index (κ2) is 7.71. The number of amides is 1. The lowest BCUT2D eigenvalue weighted by molar-refractivity contribution is -0.153. The van der Waals surface area contributed by atoms with Crippen molar-refractivity contribution in [3.63, 3.8) is 0 Å². The third-order valence-corrected chi connectivity index (χ3v) is 4.55. The molecule has 2 aromatic heterocycles. The smallest absolute Gasteiger partial charge is 0.419 e. The van der Waals surface area contributed by atoms with Crippen molar-refractivity contribution >= 4 is 28.7 Å². The summed E-state index contributed by atoms with van der Waals surface area (Å²) in [4.78, 5) is 36.4. The van der Waals surface area contributed by atoms with Gasteiger partial charge >= 0.3 is 11.7 Å². The second-order valence-electron chi connectivity index (χ2n) is 6.53. The van der Waals surface area contributed by atoms with Crippen molar-refractivity contribution in [3.05, 3.63) is 46.2 Å². The number of nitrogens with one attached hydrogen (secondary N) is 1. The summed E-state index contributed by atoms with van der Waals surface area (Å²) in [6, 6.07) is 6.96. The first-order valence-corrected chi connectivity index (χ1v) is 8.87. The maximum atomic E-state index is 12.3. The van der Waals surface area contributed by atoms with Crippen LogP contribution in [-0.4, -0.2) is 32.3 Å². The van der Waals surface area contributed by atoms with Crippen LogP contribution in [0.15, 0.2) is 33.5 Å². The highest BCUT2D eigenvalue weighted by atomic mass is 16.5. The standard InChI is InChI=1S/C19H22N4O5/c1-11-17(12(2)22(4)21-11)20-18(25)13(3)27-16(24)9-10-23-14-7-5-6-8-15(14)28-19(23)26/h5-8,13H,9-10H2,1-4H3,(H,20,25)/t13-/m1/s1. The lowest BCUT2D eigenvalue weighted by Gasteiger charge is -2.14. The van der Waals surface area contributed by atoms with Gasteiger partial charge in [0.25, 0.3) is 5.91 Å². The predicted molar refractivity (Wildman–Crippen MR) is 102 cm³/mol. The number of para-hydroxylation sites is 2. The number of oxazole rings is 1. The van der Waals surface area contributed by atoms with Gasteiger partial charge in [-0.2, -0.15) is 5.10 Å². The Morgan fingerprint density at radius 3 is 2.68 bits per heavy atom. The van der Waals surface area contributed by atoms with Crippen LogP contribution in [0.25, 0.3) is 11.1 Å². The lowest BCUT2D eigenvalue weighted by atomic mass is 10.3. The van der Waals surface area contributed by atoms with E-state index in [1.165, 1.54) is 11.5 Å². The van der Waals surface area contributed by atoms with E-state index in [0.717, 1.165) is 5.69 Å². The quantitative estimate of drug-likeness (QED) is 0.648. The van der Waals surface area contributed by atoms with E-state index in [1.54, 1.807) is 42.9 Å². The number of aryl methyl sites for hydroxylation is 3. The molecule has 0 aliphatic carbocycles. The van der Waals surface area contributed by atoms with Crippen molar-refractivity contribution in [3.8, 4) is 0 Å². The molecule has 2 heterocycles. The first kappa shape index (κ1) is 19.4. The molecular weight excluding hydrogens is 364 g/mol. The average Bonchev–Trinajstić information content (AvgIpc) is 3.09. The molecule has 9 heteroatoms. The van der Waals surface area contributed by atoms with Gasteiger partial charge in [0.15, 0.2) is 11.7 Å². The molecule has 148 valence electrons. The molecule has 3 rings (SSSR count). The number of anilines is 1. The normalized spacial score (nSPS) is 12.1. The van der Waals surface area contributed by atoms with E-state index in [4.69, 9.17) is 9.15 Å². The third kappa shape index (κ3) is 3.83. The van der Waals surface area contributed by atoms with Gasteiger partial charge in [-0.25, -0.2) is 4.79 Å². The van der Waals surface area contributed by atoms with Crippen molar-refractivity contribution in [2.75, 3.05) is 5.32 Å². The second-order valence-corrected chi connectivity index (χ2v) is 6.53. The van der Waals surface area contributed by atoms with E-state index in [1.807, 2.05) is 6.92 Å². The molecule has 9 nitrogen and oxygen atoms in total. The zero-order valence-corrected chi connectivity index (χ0v) is 16.2. The number of hydrogen-bond donors (Lipinski definition) is 1. The van der Waals surface area contributed by atoms with Crippen LogP contribution in [0.1, 0.15) is 24.7 Å². The Hall–Kier alpha value is -3.36. The van der Waals surface area contributed by atoms with Crippen molar-refractivity contribution in [1.82, 2.24) is 14.3 Å². The minimum Gasteiger partial charge on any atom is -0.452 e. The monoisotopic (exact) mass is 386 g/mol. The maximum Gasteiger partial charge on any atom is 0.419 e. The molecule has 0 saturated heterocycles. The van der Waals surface area contributed by atoms with Crippen molar-refractivity contribution in [2.45, 2.75) is 39.8 Å². The number of carbonyl (C=O) groups is 2. The fourth-order valence-electron chi connectivity index (χ4n) is 2.92. The molecule has 28 heavy (non-hydrogen) atoms. The number of fused-ring (bicyclic) bond motifs is 1. The molecule has 1 atom stereocenters. The molecule has 0 bridgehead atoms. The Morgan fingerprint density at radius 2 is 2.00 bits per heavy atom. The van der Waals surface area contributed by atoms with Crippen LogP contribution in [0.3, 0.4) is 0 Å². The molecular formula is C19H22N4O5. The fraction of sp³-hybridized carbons (Fsp3) is 0.368. The Kier molecular flexibility index (Phi) is 5.34. The largest absolute Gasteiger partial charge is 0.452 e. The summed E-state index contributed by atoms with van der Waals surface area (Å²) in [5, 5.41) is 6.97. The average molecular weight is 386 g/mol. The van der Waals surface area contributed by atoms with Gasteiger partial charge in [0.1, 0.15) is 0 Å². The molecule has 0 spiro atoms. The van der Waals surface area contributed by atoms with Gasteiger partial charge in [0, 0.05) is 13.6 Å². The highest BCUT2D eigenvalue weighted by molar-refractivity contribution is 5.96. The zero-order chi connectivity index (χ0) is 20.4. The number of ether oxygens (including phenoxy) is 1. The number of hydrogen-bond acceptors (Lipinski definition) is 6. The lowest BCUT2D eigenvalue weighted by Crippen LogP contribution is -2.31. The maximum absolute atomic E-state index is 12.3. The molecule has 0 saturated carbocycles. The van der Waals surface area contributed by atoms with Crippen molar-refractivity contribution in [1.29, 1.82) is 0 Å². The van der Waals surface area contributed by atoms with Crippen LogP contribution in [0.5, 0.6) is 0 Å². The molecule has 1 aromatic carbocycles. The van der Waals surface area contributed by atoms with E-state index in [9.17, 15) is 14.4 Å². The van der Waals surface area contributed by atoms with E-state index in [0.29, 0.717) is 22.5 Å². The molecule has 0 radical (unpaired) electrons. The first-order chi connectivity index (χ1) is 13.3. The molecule has 1 amide bonds. The van der Waals surface area contributed by atoms with Crippen LogP contribution in [0.4, 0.5) is 5.69 Å². The summed E-state index contributed by atoms with van der Waals surface area (Å²) >= 11 is 0. The van der Waals surface area contributed by atoms with Crippen LogP contribution >= 0.6 is 0 Å². The SMILES string of the molecule is Cc1nn(C)c(C)c1NC(=O)[C@@H](C)OC(=O)CCn1c(=O)oc2ccccc21. The van der Waals surface area contributed by atoms with E-state index in [-0.39, 0.29) is 13.0 Å². The minimum absolute atomic E-state index is 0.0635. The van der Waals surface area contributed by atoms with Gasteiger partial charge in [-0.15, -0.1) is 0 Å². The highest BCUT2D eigenvalue weighted by Gasteiger charge is 2.21. The fourth-order valence-corrected chi connectivity index (χ4v) is 2.92. The van der Waals surface area contributed by atoms with Crippen LogP contribution in [0, 0.1) is 13.8 Å². The number of aromatic nitrogens is 3. The molecule has 0 fully saturated rings. The molecule has 0 unspecified atom stereocenters. The van der Waals surface area contributed by atoms with Gasteiger partial charge in [0.05, 0.1) is 29.0 Å². The van der Waals surface area contributed by atoms with Crippen molar-refractivity contribution < 1.29 is 18.7 Å². The van der Waals surface area contributed by atoms with Gasteiger partial charge < -0.3 is 14.5 Å². The Bertz CT molecular complexity index is 1090. The predicted octanol–water partition coefficient (Wildman–Crippen LogP) is 1.91. The van der Waals surface area contributed by atoms with E-state index in [2.05, 4.69) is 10.4 Å². The summed E-state index contributed by atoms with van der Waals surface area (Å²) in [5.41, 5.74) is 3.14. The summed E-state index contributed by atoms with van der Waals surface area (Å²) in [5.74, 6) is -1.57. The number of benzene rings is 1. The summed E-state index contributed by atoms with van der Waals surface area (Å²) in [6.45, 7) is 5.21. The Balaban J connectivity index is 1.59. The first-order valence-electron chi connectivity index (χ1n) is 8.87. The van der Waals surface area contributed by atoms with Crippen LogP contribution < -0.4 is 11.1 Å².